The quantitative estimate of drug-likeness (QED) is 0.431. The van der Waals surface area contributed by atoms with Crippen molar-refractivity contribution in [1.29, 1.82) is 0 Å². The molecule has 3 N–H and O–H groups in total. The number of fused-ring (bicyclic) bond motifs is 1. The second-order valence-corrected chi connectivity index (χ2v) is 8.56. The van der Waals surface area contributed by atoms with Gasteiger partial charge in [0, 0.05) is 17.6 Å². The predicted molar refractivity (Wildman–Crippen MR) is 127 cm³/mol. The first-order valence-electron chi connectivity index (χ1n) is 10.8. The van der Waals surface area contributed by atoms with Crippen LogP contribution in [-0.4, -0.2) is 35.9 Å². The maximum atomic E-state index is 11.3. The summed E-state index contributed by atoms with van der Waals surface area (Å²) >= 11 is 6.03. The second kappa shape index (κ2) is 10.3. The number of benzene rings is 3. The molecule has 4 rings (SSSR count). The highest BCUT2D eigenvalue weighted by atomic mass is 35.5. The van der Waals surface area contributed by atoms with Gasteiger partial charge in [-0.1, -0.05) is 29.8 Å². The predicted octanol–water partition coefficient (Wildman–Crippen LogP) is 5.02. The lowest BCUT2D eigenvalue weighted by molar-refractivity contribution is 0.0696. The summed E-state index contributed by atoms with van der Waals surface area (Å²) in [4.78, 5) is 11.3. The molecule has 0 radical (unpaired) electrons. The number of carboxylic acids is 1. The molecule has 0 saturated carbocycles. The zero-order chi connectivity index (χ0) is 23.4. The van der Waals surface area contributed by atoms with Gasteiger partial charge in [0.25, 0.3) is 0 Å². The molecule has 0 unspecified atom stereocenters. The van der Waals surface area contributed by atoms with E-state index >= 15 is 0 Å². The van der Waals surface area contributed by atoms with Crippen LogP contribution >= 0.6 is 11.6 Å². The Bertz CT molecular complexity index is 1150. The molecule has 0 fully saturated rings. The van der Waals surface area contributed by atoms with E-state index in [9.17, 15) is 15.0 Å². The molecule has 0 bridgehead atoms. The summed E-state index contributed by atoms with van der Waals surface area (Å²) in [5.74, 6) is 0.413. The van der Waals surface area contributed by atoms with Crippen molar-refractivity contribution in [3.05, 3.63) is 87.9 Å². The van der Waals surface area contributed by atoms with E-state index in [1.54, 1.807) is 18.2 Å². The number of aliphatic hydroxyl groups is 1. The number of ether oxygens (including phenoxy) is 2. The minimum Gasteiger partial charge on any atom is -0.493 e. The number of carbonyl (C=O) groups is 1. The van der Waals surface area contributed by atoms with Crippen LogP contribution in [-0.2, 0) is 12.8 Å². The molecule has 1 aliphatic carbocycles. The van der Waals surface area contributed by atoms with Gasteiger partial charge in [0.1, 0.15) is 5.75 Å². The van der Waals surface area contributed by atoms with Gasteiger partial charge in [-0.05, 0) is 78.4 Å². The first-order chi connectivity index (χ1) is 15.9. The van der Waals surface area contributed by atoms with Gasteiger partial charge in [0.05, 0.1) is 18.8 Å². The molecule has 3 aromatic carbocycles. The average molecular weight is 468 g/mol. The average Bonchev–Trinajstić information content (AvgIpc) is 2.82. The van der Waals surface area contributed by atoms with Crippen LogP contribution < -0.4 is 14.8 Å². The molecule has 1 aliphatic rings. The van der Waals surface area contributed by atoms with Gasteiger partial charge in [-0.25, -0.2) is 4.79 Å². The number of methoxy groups -OCH3 is 1. The van der Waals surface area contributed by atoms with Crippen molar-refractivity contribution in [3.63, 3.8) is 0 Å². The van der Waals surface area contributed by atoms with E-state index in [1.807, 2.05) is 24.3 Å². The summed E-state index contributed by atoms with van der Waals surface area (Å²) in [6.45, 7) is 0.440. The second-order valence-electron chi connectivity index (χ2n) is 8.12. The van der Waals surface area contributed by atoms with Crippen molar-refractivity contribution >= 4 is 17.6 Å². The van der Waals surface area contributed by atoms with Crippen molar-refractivity contribution in [2.75, 3.05) is 13.7 Å². The molecule has 6 nitrogen and oxygen atoms in total. The third kappa shape index (κ3) is 5.66. The van der Waals surface area contributed by atoms with E-state index in [2.05, 4.69) is 11.4 Å². The fourth-order valence-electron chi connectivity index (χ4n) is 4.10. The van der Waals surface area contributed by atoms with Crippen molar-refractivity contribution in [3.8, 4) is 17.2 Å². The highest BCUT2D eigenvalue weighted by molar-refractivity contribution is 6.30. The van der Waals surface area contributed by atoms with Crippen LogP contribution in [0, 0.1) is 0 Å². The molecule has 0 heterocycles. The Labute approximate surface area is 197 Å². The van der Waals surface area contributed by atoms with Gasteiger partial charge >= 0.3 is 5.97 Å². The molecule has 0 saturated heterocycles. The van der Waals surface area contributed by atoms with Crippen LogP contribution in [0.5, 0.6) is 17.2 Å². The van der Waals surface area contributed by atoms with Gasteiger partial charge in [-0.15, -0.1) is 0 Å². The molecule has 0 amide bonds. The molecular weight excluding hydrogens is 442 g/mol. The zero-order valence-electron chi connectivity index (χ0n) is 18.3. The van der Waals surface area contributed by atoms with Crippen molar-refractivity contribution in [2.45, 2.75) is 31.4 Å². The highest BCUT2D eigenvalue weighted by Gasteiger charge is 2.21. The van der Waals surface area contributed by atoms with Gasteiger partial charge in [-0.3, -0.25) is 0 Å². The number of rotatable bonds is 8. The molecule has 0 spiro atoms. The fraction of sp³-hybridized carbons (Fsp3) is 0.269. The maximum Gasteiger partial charge on any atom is 0.335 e. The van der Waals surface area contributed by atoms with Crippen LogP contribution in [0.1, 0.15) is 39.6 Å². The van der Waals surface area contributed by atoms with Crippen molar-refractivity contribution in [2.24, 2.45) is 0 Å². The summed E-state index contributed by atoms with van der Waals surface area (Å²) < 4.78 is 11.3. The third-order valence-electron chi connectivity index (χ3n) is 5.88. The Morgan fingerprint density at radius 3 is 2.73 bits per heavy atom. The SMILES string of the molecule is COc1ccc(C(=O)O)cc1Oc1ccc2c(c1)C[C@@H](NC[C@@H](O)c1cccc(Cl)c1)CC2. The lowest BCUT2D eigenvalue weighted by atomic mass is 9.88. The number of nitrogens with one attached hydrogen (secondary N) is 1. The first kappa shape index (κ1) is 23.1. The van der Waals surface area contributed by atoms with E-state index in [4.69, 9.17) is 21.1 Å². The van der Waals surface area contributed by atoms with E-state index < -0.39 is 12.1 Å². The minimum atomic E-state index is -1.03. The maximum absolute atomic E-state index is 11.3. The number of aromatic carboxylic acids is 1. The van der Waals surface area contributed by atoms with Crippen molar-refractivity contribution < 1.29 is 24.5 Å². The monoisotopic (exact) mass is 467 g/mol. The molecular formula is C26H26ClNO5. The Balaban J connectivity index is 1.43. The van der Waals surface area contributed by atoms with Gasteiger partial charge < -0.3 is 25.0 Å². The van der Waals surface area contributed by atoms with Crippen LogP contribution in [0.4, 0.5) is 0 Å². The zero-order valence-corrected chi connectivity index (χ0v) is 19.0. The number of halogens is 1. The fourth-order valence-corrected chi connectivity index (χ4v) is 4.30. The first-order valence-corrected chi connectivity index (χ1v) is 11.2. The van der Waals surface area contributed by atoms with Crippen LogP contribution in [0.3, 0.4) is 0 Å². The van der Waals surface area contributed by atoms with Crippen LogP contribution in [0.2, 0.25) is 5.02 Å². The topological polar surface area (TPSA) is 88.0 Å². The van der Waals surface area contributed by atoms with E-state index in [0.29, 0.717) is 28.8 Å². The molecule has 33 heavy (non-hydrogen) atoms. The molecule has 2 atom stereocenters. The van der Waals surface area contributed by atoms with Gasteiger partial charge in [0.15, 0.2) is 11.5 Å². The molecule has 0 aromatic heterocycles. The summed E-state index contributed by atoms with van der Waals surface area (Å²) in [7, 11) is 1.52. The van der Waals surface area contributed by atoms with E-state index in [-0.39, 0.29) is 11.6 Å². The number of carboxylic acid groups (broad SMARTS) is 1. The summed E-state index contributed by atoms with van der Waals surface area (Å²) in [6, 6.07) is 18.0. The molecule has 3 aromatic rings. The van der Waals surface area contributed by atoms with Crippen LogP contribution in [0.25, 0.3) is 0 Å². The number of hydrogen-bond donors (Lipinski definition) is 3. The molecule has 7 heteroatoms. The smallest absolute Gasteiger partial charge is 0.335 e. The molecule has 0 aliphatic heterocycles. The number of aryl methyl sites for hydroxylation is 1. The Morgan fingerprint density at radius 2 is 1.97 bits per heavy atom. The lowest BCUT2D eigenvalue weighted by Gasteiger charge is -2.27. The Kier molecular flexibility index (Phi) is 7.18. The van der Waals surface area contributed by atoms with Gasteiger partial charge in [0.2, 0.25) is 0 Å². The Hall–Kier alpha value is -3.06. The summed E-state index contributed by atoms with van der Waals surface area (Å²) in [5, 5.41) is 23.8. The van der Waals surface area contributed by atoms with Crippen molar-refractivity contribution in [1.82, 2.24) is 5.32 Å². The minimum absolute atomic E-state index is 0.131. The largest absolute Gasteiger partial charge is 0.493 e. The van der Waals surface area contributed by atoms with E-state index in [0.717, 1.165) is 24.8 Å². The standard InChI is InChI=1S/C26H26ClNO5/c1-32-24-10-7-18(26(30)31)14-25(24)33-22-9-6-16-5-8-21(12-19(16)13-22)28-15-23(29)17-3-2-4-20(27)11-17/h2-4,6-7,9-11,13-14,21,23,28-29H,5,8,12,15H2,1H3,(H,30,31)/t21-,23+/m0/s1. The summed E-state index contributed by atoms with van der Waals surface area (Å²) in [6.07, 6.45) is 2.08. The van der Waals surface area contributed by atoms with E-state index in [1.165, 1.54) is 30.4 Å². The Morgan fingerprint density at radius 1 is 1.12 bits per heavy atom. The molecule has 172 valence electrons. The van der Waals surface area contributed by atoms with Crippen LogP contribution in [0.15, 0.2) is 60.7 Å². The number of hydrogen-bond acceptors (Lipinski definition) is 5. The van der Waals surface area contributed by atoms with Gasteiger partial charge in [-0.2, -0.15) is 0 Å². The highest BCUT2D eigenvalue weighted by Crippen LogP contribution is 2.34. The number of aliphatic hydroxyl groups excluding tert-OH is 1. The third-order valence-corrected chi connectivity index (χ3v) is 6.11. The normalized spacial score (nSPS) is 16.0. The lowest BCUT2D eigenvalue weighted by Crippen LogP contribution is -2.37. The summed E-state index contributed by atoms with van der Waals surface area (Å²) in [5.41, 5.74) is 3.36.